The Balaban J connectivity index is 2.10. The Hall–Kier alpha value is -2.15. The fourth-order valence-corrected chi connectivity index (χ4v) is 3.03. The highest BCUT2D eigenvalue weighted by atomic mass is 32.2. The predicted octanol–water partition coefficient (Wildman–Crippen LogP) is 1.95. The average molecular weight is 319 g/mol. The van der Waals surface area contributed by atoms with E-state index in [9.17, 15) is 9.59 Å². The van der Waals surface area contributed by atoms with Crippen LogP contribution in [0.1, 0.15) is 30.0 Å². The van der Waals surface area contributed by atoms with Crippen LogP contribution in [0.2, 0.25) is 0 Å². The zero-order valence-electron chi connectivity index (χ0n) is 12.4. The summed E-state index contributed by atoms with van der Waals surface area (Å²) in [7, 11) is 0. The van der Waals surface area contributed by atoms with Crippen molar-refractivity contribution in [2.75, 3.05) is 0 Å². The molecular formula is C15H17N3O3S. The molecule has 2 N–H and O–H groups in total. The summed E-state index contributed by atoms with van der Waals surface area (Å²) < 4.78 is 0. The van der Waals surface area contributed by atoms with Crippen molar-refractivity contribution in [1.29, 1.82) is 0 Å². The molecule has 0 aromatic heterocycles. The van der Waals surface area contributed by atoms with Gasteiger partial charge in [0.05, 0.1) is 12.6 Å². The molecule has 1 saturated heterocycles. The number of amidine groups is 1. The van der Waals surface area contributed by atoms with Crippen molar-refractivity contribution in [3.63, 3.8) is 0 Å². The molecule has 1 heterocycles. The van der Waals surface area contributed by atoms with Gasteiger partial charge >= 0.3 is 5.97 Å². The number of hydrogen-bond acceptors (Lipinski definition) is 5. The van der Waals surface area contributed by atoms with Crippen LogP contribution in [-0.4, -0.2) is 33.6 Å². The highest BCUT2D eigenvalue weighted by molar-refractivity contribution is 8.15. The first-order valence-corrected chi connectivity index (χ1v) is 7.78. The summed E-state index contributed by atoms with van der Waals surface area (Å²) in [6.45, 7) is 4.07. The van der Waals surface area contributed by atoms with Crippen LogP contribution in [0.25, 0.3) is 0 Å². The van der Waals surface area contributed by atoms with Crippen molar-refractivity contribution in [1.82, 2.24) is 5.32 Å². The maximum Gasteiger partial charge on any atom is 0.305 e. The minimum Gasteiger partial charge on any atom is -0.481 e. The first kappa shape index (κ1) is 16.2. The second kappa shape index (κ2) is 7.22. The number of aryl methyl sites for hydroxylation is 2. The molecule has 0 bridgehead atoms. The normalized spacial score (nSPS) is 19.8. The van der Waals surface area contributed by atoms with E-state index in [-0.39, 0.29) is 12.3 Å². The van der Waals surface area contributed by atoms with Gasteiger partial charge in [0, 0.05) is 5.56 Å². The number of carbonyl (C=O) groups is 2. The minimum absolute atomic E-state index is 0.225. The largest absolute Gasteiger partial charge is 0.481 e. The van der Waals surface area contributed by atoms with Crippen molar-refractivity contribution in [2.45, 2.75) is 31.9 Å². The van der Waals surface area contributed by atoms with Crippen LogP contribution < -0.4 is 5.32 Å². The SMILES string of the molecule is CCc1cccc(C)c1C=NN=C1NC(=O)C(CC(=O)O)S1. The van der Waals surface area contributed by atoms with Gasteiger partial charge < -0.3 is 10.4 Å². The van der Waals surface area contributed by atoms with Crippen LogP contribution in [0.3, 0.4) is 0 Å². The molecule has 0 radical (unpaired) electrons. The summed E-state index contributed by atoms with van der Waals surface area (Å²) in [5.41, 5.74) is 3.30. The highest BCUT2D eigenvalue weighted by Crippen LogP contribution is 2.22. The van der Waals surface area contributed by atoms with Gasteiger partial charge in [-0.25, -0.2) is 0 Å². The van der Waals surface area contributed by atoms with E-state index in [4.69, 9.17) is 5.11 Å². The Morgan fingerprint density at radius 2 is 2.27 bits per heavy atom. The lowest BCUT2D eigenvalue weighted by Gasteiger charge is -2.05. The molecule has 22 heavy (non-hydrogen) atoms. The summed E-state index contributed by atoms with van der Waals surface area (Å²) >= 11 is 1.09. The van der Waals surface area contributed by atoms with Crippen LogP contribution in [0, 0.1) is 6.92 Å². The molecule has 1 aliphatic rings. The number of thioether (sulfide) groups is 1. The van der Waals surface area contributed by atoms with Gasteiger partial charge in [-0.1, -0.05) is 36.9 Å². The monoisotopic (exact) mass is 319 g/mol. The number of hydrogen-bond donors (Lipinski definition) is 2. The molecule has 1 amide bonds. The fourth-order valence-electron chi connectivity index (χ4n) is 2.12. The lowest BCUT2D eigenvalue weighted by molar-refractivity contribution is -0.138. The smallest absolute Gasteiger partial charge is 0.305 e. The number of nitrogens with zero attached hydrogens (tertiary/aromatic N) is 2. The van der Waals surface area contributed by atoms with E-state index in [1.54, 1.807) is 6.21 Å². The van der Waals surface area contributed by atoms with Crippen molar-refractivity contribution < 1.29 is 14.7 Å². The molecule has 1 fully saturated rings. The van der Waals surface area contributed by atoms with Crippen molar-refractivity contribution in [3.05, 3.63) is 34.9 Å². The lowest BCUT2D eigenvalue weighted by atomic mass is 10.0. The second-order valence-electron chi connectivity index (χ2n) is 4.84. The number of carbonyl (C=O) groups excluding carboxylic acids is 1. The molecule has 0 aliphatic carbocycles. The van der Waals surface area contributed by atoms with Gasteiger partial charge in [0.2, 0.25) is 5.91 Å². The molecule has 2 rings (SSSR count). The molecule has 1 atom stereocenters. The minimum atomic E-state index is -1.01. The van der Waals surface area contributed by atoms with Gasteiger partial charge in [-0.2, -0.15) is 5.10 Å². The van der Waals surface area contributed by atoms with Crippen LogP contribution in [0.5, 0.6) is 0 Å². The van der Waals surface area contributed by atoms with Crippen molar-refractivity contribution in [2.24, 2.45) is 10.2 Å². The number of aliphatic carboxylic acids is 1. The molecular weight excluding hydrogens is 302 g/mol. The first-order valence-electron chi connectivity index (χ1n) is 6.90. The quantitative estimate of drug-likeness (QED) is 0.641. The first-order chi connectivity index (χ1) is 10.5. The van der Waals surface area contributed by atoms with Crippen molar-refractivity contribution >= 4 is 35.0 Å². The summed E-state index contributed by atoms with van der Waals surface area (Å²) in [6.07, 6.45) is 2.33. The molecule has 1 unspecified atom stereocenters. The number of carboxylic acids is 1. The Morgan fingerprint density at radius 1 is 1.50 bits per heavy atom. The molecule has 0 spiro atoms. The van der Waals surface area contributed by atoms with Crippen LogP contribution in [0.4, 0.5) is 0 Å². The second-order valence-corrected chi connectivity index (χ2v) is 6.04. The van der Waals surface area contributed by atoms with Crippen LogP contribution >= 0.6 is 11.8 Å². The van der Waals surface area contributed by atoms with Crippen molar-refractivity contribution in [3.8, 4) is 0 Å². The Labute approximate surface area is 132 Å². The third-order valence-electron chi connectivity index (χ3n) is 3.27. The van der Waals surface area contributed by atoms with Gasteiger partial charge in [0.1, 0.15) is 5.25 Å². The van der Waals surface area contributed by atoms with Gasteiger partial charge in [0.25, 0.3) is 0 Å². The number of rotatable bonds is 5. The van der Waals surface area contributed by atoms with E-state index < -0.39 is 11.2 Å². The van der Waals surface area contributed by atoms with E-state index in [0.717, 1.165) is 29.3 Å². The standard InChI is InChI=1S/C15H17N3O3S/c1-3-10-6-4-5-9(2)11(10)8-16-18-15-17-14(21)12(22-15)7-13(19)20/h4-6,8,12H,3,7H2,1-2H3,(H,19,20)(H,17,18,21). The van der Waals surface area contributed by atoms with Gasteiger partial charge in [-0.15, -0.1) is 5.10 Å². The van der Waals surface area contributed by atoms with E-state index in [1.165, 1.54) is 5.56 Å². The molecule has 1 aromatic rings. The Bertz CT molecular complexity index is 655. The Morgan fingerprint density at radius 3 is 2.95 bits per heavy atom. The van der Waals surface area contributed by atoms with Crippen LogP contribution in [0.15, 0.2) is 28.4 Å². The zero-order chi connectivity index (χ0) is 16.1. The third kappa shape index (κ3) is 3.94. The molecule has 116 valence electrons. The molecule has 1 aliphatic heterocycles. The summed E-state index contributed by atoms with van der Waals surface area (Å²) in [5, 5.41) is 18.9. The Kier molecular flexibility index (Phi) is 5.32. The number of nitrogens with one attached hydrogen (secondary N) is 1. The number of amides is 1. The third-order valence-corrected chi connectivity index (χ3v) is 4.34. The number of carboxylic acid groups (broad SMARTS) is 1. The number of benzene rings is 1. The maximum absolute atomic E-state index is 11.6. The average Bonchev–Trinajstić information content (AvgIpc) is 2.80. The maximum atomic E-state index is 11.6. The van der Waals surface area contributed by atoms with Gasteiger partial charge in [0.15, 0.2) is 5.17 Å². The van der Waals surface area contributed by atoms with E-state index in [1.807, 2.05) is 25.1 Å². The molecule has 7 heteroatoms. The summed E-state index contributed by atoms with van der Waals surface area (Å²) in [5.74, 6) is -1.35. The van der Waals surface area contributed by atoms with E-state index >= 15 is 0 Å². The lowest BCUT2D eigenvalue weighted by Crippen LogP contribution is -2.26. The van der Waals surface area contributed by atoms with E-state index in [0.29, 0.717) is 5.17 Å². The summed E-state index contributed by atoms with van der Waals surface area (Å²) in [6, 6.07) is 6.04. The highest BCUT2D eigenvalue weighted by Gasteiger charge is 2.32. The van der Waals surface area contributed by atoms with Gasteiger partial charge in [-0.3, -0.25) is 9.59 Å². The summed E-state index contributed by atoms with van der Waals surface area (Å²) in [4.78, 5) is 22.2. The van der Waals surface area contributed by atoms with E-state index in [2.05, 4.69) is 22.4 Å². The predicted molar refractivity (Wildman–Crippen MR) is 87.4 cm³/mol. The molecule has 6 nitrogen and oxygen atoms in total. The molecule has 0 saturated carbocycles. The topological polar surface area (TPSA) is 91.1 Å². The van der Waals surface area contributed by atoms with Gasteiger partial charge in [-0.05, 0) is 24.5 Å². The molecule has 1 aromatic carbocycles. The van der Waals surface area contributed by atoms with Crippen LogP contribution in [-0.2, 0) is 16.0 Å². The fraction of sp³-hybridized carbons (Fsp3) is 0.333. The zero-order valence-corrected chi connectivity index (χ0v) is 13.2.